The van der Waals surface area contributed by atoms with E-state index >= 15 is 0 Å². The first-order valence-corrected chi connectivity index (χ1v) is 11.0. The van der Waals surface area contributed by atoms with Gasteiger partial charge in [-0.3, -0.25) is 14.4 Å². The monoisotopic (exact) mass is 422 g/mol. The van der Waals surface area contributed by atoms with Crippen LogP contribution in [0.4, 0.5) is 11.4 Å². The van der Waals surface area contributed by atoms with Crippen LogP contribution in [-0.2, 0) is 10.0 Å². The fourth-order valence-corrected chi connectivity index (χ4v) is 4.56. The lowest BCUT2D eigenvalue weighted by molar-refractivity contribution is -0.899. The normalized spacial score (nSPS) is 12.7. The molecule has 158 valence electrons. The molecule has 2 rings (SSSR count). The molecular weight excluding hydrogens is 394 g/mol. The van der Waals surface area contributed by atoms with E-state index < -0.39 is 21.1 Å². The van der Waals surface area contributed by atoms with Crippen molar-refractivity contribution in [3.63, 3.8) is 0 Å². The Balaban J connectivity index is 2.46. The van der Waals surface area contributed by atoms with Gasteiger partial charge < -0.3 is 10.0 Å². The number of hydrogen-bond acceptors (Lipinski definition) is 5. The van der Waals surface area contributed by atoms with Gasteiger partial charge in [-0.1, -0.05) is 23.8 Å². The van der Waals surface area contributed by atoms with Gasteiger partial charge >= 0.3 is 0 Å². The molecule has 0 radical (unpaired) electrons. The fraction of sp³-hybridized carbons (Fsp3) is 0.400. The Morgan fingerprint density at radius 3 is 2.31 bits per heavy atom. The summed E-state index contributed by atoms with van der Waals surface area (Å²) in [7, 11) is -4.02. The van der Waals surface area contributed by atoms with Crippen LogP contribution < -0.4 is 9.21 Å². The summed E-state index contributed by atoms with van der Waals surface area (Å²) in [6, 6.07) is 11.8. The zero-order valence-corrected chi connectivity index (χ0v) is 17.7. The average Bonchev–Trinajstić information content (AvgIpc) is 2.70. The molecule has 0 saturated carbocycles. The first-order chi connectivity index (χ1) is 13.7. The minimum atomic E-state index is -4.02. The van der Waals surface area contributed by atoms with E-state index in [4.69, 9.17) is 0 Å². The molecule has 0 fully saturated rings. The van der Waals surface area contributed by atoms with Crippen molar-refractivity contribution in [2.45, 2.75) is 31.8 Å². The lowest BCUT2D eigenvalue weighted by Gasteiger charge is -2.28. The summed E-state index contributed by atoms with van der Waals surface area (Å²) in [4.78, 5) is 11.8. The highest BCUT2D eigenvalue weighted by atomic mass is 32.2. The van der Waals surface area contributed by atoms with Crippen molar-refractivity contribution in [3.05, 3.63) is 64.2 Å². The Bertz CT molecular complexity index is 927. The number of sulfonamides is 1. The first kappa shape index (κ1) is 22.8. The molecule has 0 amide bonds. The van der Waals surface area contributed by atoms with Crippen molar-refractivity contribution >= 4 is 21.4 Å². The smallest absolute Gasteiger partial charge is 0.271 e. The van der Waals surface area contributed by atoms with Crippen LogP contribution in [0.5, 0.6) is 0 Å². The molecular formula is C20H28N3O5S+. The minimum absolute atomic E-state index is 0.0667. The Labute approximate surface area is 171 Å². The molecule has 0 aliphatic rings. The van der Waals surface area contributed by atoms with Gasteiger partial charge in [0.1, 0.15) is 12.6 Å². The molecule has 0 unspecified atom stereocenters. The number of nitrogens with zero attached hydrogens (tertiary/aromatic N) is 2. The molecule has 0 aliphatic heterocycles. The molecule has 29 heavy (non-hydrogen) atoms. The molecule has 0 aliphatic carbocycles. The third kappa shape index (κ3) is 5.75. The Kier molecular flexibility index (Phi) is 7.72. The number of quaternary nitrogens is 1. The van der Waals surface area contributed by atoms with Crippen molar-refractivity contribution in [2.24, 2.45) is 0 Å². The zero-order chi connectivity index (χ0) is 21.6. The number of aliphatic hydroxyl groups excluding tert-OH is 1. The number of nitro groups is 1. The van der Waals surface area contributed by atoms with E-state index in [0.717, 1.165) is 27.9 Å². The Morgan fingerprint density at radius 2 is 1.76 bits per heavy atom. The molecule has 0 bridgehead atoms. The number of nitrogens with one attached hydrogen (secondary N) is 1. The third-order valence-electron chi connectivity index (χ3n) is 4.84. The summed E-state index contributed by atoms with van der Waals surface area (Å²) >= 11 is 0. The van der Waals surface area contributed by atoms with Gasteiger partial charge in [0, 0.05) is 12.1 Å². The van der Waals surface area contributed by atoms with Gasteiger partial charge in [-0.05, 0) is 39.0 Å². The zero-order valence-electron chi connectivity index (χ0n) is 16.9. The number of benzene rings is 2. The molecule has 0 spiro atoms. The maximum absolute atomic E-state index is 13.3. The maximum atomic E-state index is 13.3. The van der Waals surface area contributed by atoms with E-state index in [1.165, 1.54) is 36.4 Å². The second-order valence-electron chi connectivity index (χ2n) is 6.94. The van der Waals surface area contributed by atoms with Crippen LogP contribution in [0, 0.1) is 17.0 Å². The largest absolute Gasteiger partial charge is 0.385 e. The number of nitro benzene ring substituents is 1. The highest BCUT2D eigenvalue weighted by Gasteiger charge is 2.29. The number of aryl methyl sites for hydroxylation is 1. The van der Waals surface area contributed by atoms with Gasteiger partial charge in [-0.15, -0.1) is 0 Å². The Morgan fingerprint density at radius 1 is 1.14 bits per heavy atom. The predicted octanol–water partition coefficient (Wildman–Crippen LogP) is 1.38. The van der Waals surface area contributed by atoms with Gasteiger partial charge in [0.25, 0.3) is 15.7 Å². The van der Waals surface area contributed by atoms with Crippen LogP contribution in [-0.4, -0.2) is 50.7 Å². The summed E-state index contributed by atoms with van der Waals surface area (Å²) in [6.45, 7) is 7.62. The van der Waals surface area contributed by atoms with Gasteiger partial charge in [0.05, 0.1) is 35.1 Å². The molecule has 2 aromatic rings. The van der Waals surface area contributed by atoms with E-state index in [1.54, 1.807) is 12.1 Å². The lowest BCUT2D eigenvalue weighted by Crippen LogP contribution is -3.12. The highest BCUT2D eigenvalue weighted by molar-refractivity contribution is 7.92. The molecule has 8 nitrogen and oxygen atoms in total. The van der Waals surface area contributed by atoms with Crippen molar-refractivity contribution in [1.29, 1.82) is 0 Å². The molecule has 0 heterocycles. The maximum Gasteiger partial charge on any atom is 0.271 e. The van der Waals surface area contributed by atoms with Gasteiger partial charge in [-0.25, -0.2) is 8.42 Å². The summed E-state index contributed by atoms with van der Waals surface area (Å²) in [5.74, 6) is 0. The van der Waals surface area contributed by atoms with Crippen LogP contribution in [0.15, 0.2) is 53.4 Å². The number of likely N-dealkylation sites (N-methyl/N-ethyl adjacent to an activating group) is 1. The second-order valence-corrected chi connectivity index (χ2v) is 8.80. The van der Waals surface area contributed by atoms with Crippen LogP contribution in [0.1, 0.15) is 19.4 Å². The SMILES string of the molecule is CC[NH+](CC)C[C@H](O)CN(c1cccc([N+](=O)[O-])c1)S(=O)(=O)c1ccc(C)cc1. The summed E-state index contributed by atoms with van der Waals surface area (Å²) < 4.78 is 27.7. The number of hydrogen-bond donors (Lipinski definition) is 2. The Hall–Kier alpha value is -2.49. The van der Waals surface area contributed by atoms with Crippen molar-refractivity contribution in [3.8, 4) is 0 Å². The third-order valence-corrected chi connectivity index (χ3v) is 6.65. The van der Waals surface area contributed by atoms with Gasteiger partial charge in [-0.2, -0.15) is 0 Å². The standard InChI is InChI=1S/C20H27N3O5S/c1-4-21(5-2)14-19(24)15-22(17-7-6-8-18(13-17)23(25)26)29(27,28)20-11-9-16(3)10-12-20/h6-13,19,24H,4-5,14-15H2,1-3H3/p+1/t19-/m0/s1. The summed E-state index contributed by atoms with van der Waals surface area (Å²) in [6.07, 6.45) is -0.926. The fourth-order valence-electron chi connectivity index (χ4n) is 3.07. The minimum Gasteiger partial charge on any atom is -0.385 e. The summed E-state index contributed by atoms with van der Waals surface area (Å²) in [5.41, 5.74) is 0.847. The van der Waals surface area contributed by atoms with Crippen molar-refractivity contribution in [2.75, 3.05) is 30.5 Å². The van der Waals surface area contributed by atoms with E-state index in [0.29, 0.717) is 6.54 Å². The molecule has 0 saturated heterocycles. The number of rotatable bonds is 10. The quantitative estimate of drug-likeness (QED) is 0.445. The summed E-state index contributed by atoms with van der Waals surface area (Å²) in [5, 5.41) is 21.7. The number of anilines is 1. The lowest BCUT2D eigenvalue weighted by atomic mass is 10.2. The molecule has 9 heteroatoms. The van der Waals surface area contributed by atoms with Crippen molar-refractivity contribution in [1.82, 2.24) is 0 Å². The highest BCUT2D eigenvalue weighted by Crippen LogP contribution is 2.27. The van der Waals surface area contributed by atoms with Crippen LogP contribution >= 0.6 is 0 Å². The molecule has 2 aromatic carbocycles. The molecule has 0 aromatic heterocycles. The average molecular weight is 423 g/mol. The molecule has 2 N–H and O–H groups in total. The van der Waals surface area contributed by atoms with Gasteiger partial charge in [0.2, 0.25) is 0 Å². The number of aliphatic hydroxyl groups is 1. The van der Waals surface area contributed by atoms with E-state index in [9.17, 15) is 23.6 Å². The van der Waals surface area contributed by atoms with Crippen LogP contribution in [0.2, 0.25) is 0 Å². The predicted molar refractivity (Wildman–Crippen MR) is 112 cm³/mol. The van der Waals surface area contributed by atoms with E-state index in [-0.39, 0.29) is 22.8 Å². The molecule has 1 atom stereocenters. The first-order valence-electron chi connectivity index (χ1n) is 9.54. The second kappa shape index (κ2) is 9.82. The van der Waals surface area contributed by atoms with Crippen LogP contribution in [0.25, 0.3) is 0 Å². The van der Waals surface area contributed by atoms with Crippen LogP contribution in [0.3, 0.4) is 0 Å². The van der Waals surface area contributed by atoms with E-state index in [2.05, 4.69) is 0 Å². The van der Waals surface area contributed by atoms with Crippen molar-refractivity contribution < 1.29 is 23.3 Å². The van der Waals surface area contributed by atoms with E-state index in [1.807, 2.05) is 20.8 Å². The van der Waals surface area contributed by atoms with Gasteiger partial charge in [0.15, 0.2) is 0 Å². The topological polar surface area (TPSA) is 105 Å². The number of non-ortho nitro benzene ring substituents is 1.